The van der Waals surface area contributed by atoms with Gasteiger partial charge in [-0.05, 0) is 37.7 Å². The van der Waals surface area contributed by atoms with Crippen LogP contribution < -0.4 is 11.1 Å². The second-order valence-electron chi connectivity index (χ2n) is 5.94. The van der Waals surface area contributed by atoms with Crippen LogP contribution in [0, 0.1) is 5.92 Å². The number of carbonyl (C=O) groups is 1. The minimum absolute atomic E-state index is 0.00588. The van der Waals surface area contributed by atoms with Crippen molar-refractivity contribution in [2.45, 2.75) is 45.1 Å². The number of nitrogen functional groups attached to an aromatic ring is 1. The Morgan fingerprint density at radius 3 is 2.67 bits per heavy atom. The highest BCUT2D eigenvalue weighted by Gasteiger charge is 2.23. The van der Waals surface area contributed by atoms with E-state index in [4.69, 9.17) is 5.73 Å². The summed E-state index contributed by atoms with van der Waals surface area (Å²) < 4.78 is 1.08. The lowest BCUT2D eigenvalue weighted by atomic mass is 9.84. The molecule has 0 radical (unpaired) electrons. The molecule has 0 spiro atoms. The molecule has 3 nitrogen and oxygen atoms in total. The van der Waals surface area contributed by atoms with E-state index in [1.807, 2.05) is 24.3 Å². The Morgan fingerprint density at radius 1 is 1.29 bits per heavy atom. The third-order valence-electron chi connectivity index (χ3n) is 4.60. The lowest BCUT2D eigenvalue weighted by Gasteiger charge is -2.28. The Balaban J connectivity index is 1.71. The third-order valence-corrected chi connectivity index (χ3v) is 5.78. The van der Waals surface area contributed by atoms with Crippen molar-refractivity contribution in [3.63, 3.8) is 0 Å². The number of carbonyl (C=O) groups excluding carboxylic acids is 1. The van der Waals surface area contributed by atoms with Crippen LogP contribution in [0.5, 0.6) is 0 Å². The van der Waals surface area contributed by atoms with E-state index in [1.165, 1.54) is 30.6 Å². The van der Waals surface area contributed by atoms with Crippen LogP contribution in [0.3, 0.4) is 0 Å². The quantitative estimate of drug-likeness (QED) is 0.893. The van der Waals surface area contributed by atoms with Crippen LogP contribution in [0.25, 0.3) is 10.1 Å². The van der Waals surface area contributed by atoms with Crippen LogP contribution in [0.4, 0.5) is 5.69 Å². The molecule has 1 fully saturated rings. The second kappa shape index (κ2) is 6.06. The number of amides is 1. The van der Waals surface area contributed by atoms with Gasteiger partial charge < -0.3 is 11.1 Å². The van der Waals surface area contributed by atoms with Crippen LogP contribution >= 0.6 is 11.3 Å². The van der Waals surface area contributed by atoms with Gasteiger partial charge in [-0.25, -0.2) is 0 Å². The summed E-state index contributed by atoms with van der Waals surface area (Å²) in [5, 5.41) is 4.16. The van der Waals surface area contributed by atoms with Crippen molar-refractivity contribution in [1.29, 1.82) is 0 Å². The molecule has 1 aliphatic carbocycles. The van der Waals surface area contributed by atoms with E-state index in [9.17, 15) is 4.79 Å². The molecule has 0 unspecified atom stereocenters. The van der Waals surface area contributed by atoms with Crippen molar-refractivity contribution in [1.82, 2.24) is 5.32 Å². The Hall–Kier alpha value is -1.55. The number of fused-ring (bicyclic) bond motifs is 1. The van der Waals surface area contributed by atoms with Crippen molar-refractivity contribution < 1.29 is 4.79 Å². The molecule has 112 valence electrons. The first-order chi connectivity index (χ1) is 10.2. The van der Waals surface area contributed by atoms with Gasteiger partial charge in [0.2, 0.25) is 0 Å². The molecular weight excluding hydrogens is 280 g/mol. The van der Waals surface area contributed by atoms with Gasteiger partial charge in [-0.15, -0.1) is 11.3 Å². The molecule has 0 bridgehead atoms. The Morgan fingerprint density at radius 2 is 2.00 bits per heavy atom. The van der Waals surface area contributed by atoms with Crippen LogP contribution in [0.15, 0.2) is 24.3 Å². The highest BCUT2D eigenvalue weighted by Crippen LogP contribution is 2.34. The Kier molecular flexibility index (Phi) is 4.15. The molecule has 1 amide bonds. The molecule has 1 aliphatic rings. The summed E-state index contributed by atoms with van der Waals surface area (Å²) in [6.45, 7) is 2.25. The Bertz CT molecular complexity index is 641. The molecule has 3 rings (SSSR count). The smallest absolute Gasteiger partial charge is 0.263 e. The number of benzene rings is 1. The van der Waals surface area contributed by atoms with E-state index in [2.05, 4.69) is 12.2 Å². The normalized spacial score (nSPS) is 22.3. The molecule has 21 heavy (non-hydrogen) atoms. The van der Waals surface area contributed by atoms with Gasteiger partial charge in [-0.3, -0.25) is 4.79 Å². The molecule has 0 saturated heterocycles. The van der Waals surface area contributed by atoms with E-state index in [0.29, 0.717) is 16.6 Å². The summed E-state index contributed by atoms with van der Waals surface area (Å²) in [6, 6.07) is 8.24. The monoisotopic (exact) mass is 302 g/mol. The summed E-state index contributed by atoms with van der Waals surface area (Å²) in [7, 11) is 0. The highest BCUT2D eigenvalue weighted by molar-refractivity contribution is 7.21. The van der Waals surface area contributed by atoms with Gasteiger partial charge in [-0.1, -0.05) is 31.5 Å². The predicted octanol–water partition coefficient (Wildman–Crippen LogP) is 4.18. The summed E-state index contributed by atoms with van der Waals surface area (Å²) >= 11 is 1.49. The summed E-state index contributed by atoms with van der Waals surface area (Å²) in [5.41, 5.74) is 6.76. The maximum atomic E-state index is 12.5. The van der Waals surface area contributed by atoms with Crippen LogP contribution in [-0.4, -0.2) is 11.9 Å². The molecule has 0 atom stereocenters. The first-order valence-electron chi connectivity index (χ1n) is 7.77. The fraction of sp³-hybridized carbons (Fsp3) is 0.471. The van der Waals surface area contributed by atoms with E-state index in [1.54, 1.807) is 0 Å². The summed E-state index contributed by atoms with van der Waals surface area (Å²) in [6.07, 6.45) is 5.89. The molecule has 0 aliphatic heterocycles. The maximum Gasteiger partial charge on any atom is 0.263 e. The number of rotatable bonds is 3. The zero-order valence-electron chi connectivity index (χ0n) is 12.4. The SMILES string of the molecule is CCC1CCC(NC(=O)c2sc3ccccc3c2N)CC1. The number of hydrogen-bond acceptors (Lipinski definition) is 3. The lowest BCUT2D eigenvalue weighted by Crippen LogP contribution is -2.37. The van der Waals surface area contributed by atoms with Gasteiger partial charge in [0.15, 0.2) is 0 Å². The van der Waals surface area contributed by atoms with Crippen molar-refractivity contribution in [3.05, 3.63) is 29.1 Å². The zero-order valence-corrected chi connectivity index (χ0v) is 13.2. The van der Waals surface area contributed by atoms with Gasteiger partial charge in [-0.2, -0.15) is 0 Å². The minimum atomic E-state index is -0.00588. The lowest BCUT2D eigenvalue weighted by molar-refractivity contribution is 0.0926. The van der Waals surface area contributed by atoms with Crippen molar-refractivity contribution in [2.24, 2.45) is 5.92 Å². The molecule has 4 heteroatoms. The molecule has 1 aromatic heterocycles. The van der Waals surface area contributed by atoms with Crippen molar-refractivity contribution >= 4 is 33.0 Å². The molecule has 2 aromatic rings. The maximum absolute atomic E-state index is 12.5. The second-order valence-corrected chi connectivity index (χ2v) is 6.99. The third kappa shape index (κ3) is 2.91. The van der Waals surface area contributed by atoms with E-state index >= 15 is 0 Å². The fourth-order valence-corrected chi connectivity index (χ4v) is 4.23. The first kappa shape index (κ1) is 14.4. The van der Waals surface area contributed by atoms with E-state index in [0.717, 1.165) is 28.8 Å². The summed E-state index contributed by atoms with van der Waals surface area (Å²) in [4.78, 5) is 13.1. The van der Waals surface area contributed by atoms with Crippen LogP contribution in [0.2, 0.25) is 0 Å². The average Bonchev–Trinajstić information content (AvgIpc) is 2.86. The van der Waals surface area contributed by atoms with Gasteiger partial charge in [0.25, 0.3) is 5.91 Å². The van der Waals surface area contributed by atoms with Gasteiger partial charge in [0, 0.05) is 16.1 Å². The molecule has 1 saturated carbocycles. The Labute approximate surface area is 129 Å². The topological polar surface area (TPSA) is 55.1 Å². The average molecular weight is 302 g/mol. The molecular formula is C17H22N2OS. The molecule has 1 aromatic carbocycles. The van der Waals surface area contributed by atoms with E-state index < -0.39 is 0 Å². The highest BCUT2D eigenvalue weighted by atomic mass is 32.1. The van der Waals surface area contributed by atoms with Crippen LogP contribution in [0.1, 0.15) is 48.7 Å². The fourth-order valence-electron chi connectivity index (χ4n) is 3.20. The predicted molar refractivity (Wildman–Crippen MR) is 89.7 cm³/mol. The number of nitrogens with two attached hydrogens (primary N) is 1. The first-order valence-corrected chi connectivity index (χ1v) is 8.58. The number of nitrogens with one attached hydrogen (secondary N) is 1. The minimum Gasteiger partial charge on any atom is -0.397 e. The van der Waals surface area contributed by atoms with Gasteiger partial charge >= 0.3 is 0 Å². The largest absolute Gasteiger partial charge is 0.397 e. The van der Waals surface area contributed by atoms with E-state index in [-0.39, 0.29) is 5.91 Å². The van der Waals surface area contributed by atoms with Gasteiger partial charge in [0.1, 0.15) is 4.88 Å². The standard InChI is InChI=1S/C17H22N2OS/c1-2-11-7-9-12(10-8-11)19-17(20)16-15(18)13-5-3-4-6-14(13)21-16/h3-6,11-12H,2,7-10,18H2,1H3,(H,19,20). The molecule has 1 heterocycles. The summed E-state index contributed by atoms with van der Waals surface area (Å²) in [5.74, 6) is 0.834. The van der Waals surface area contributed by atoms with Crippen LogP contribution in [-0.2, 0) is 0 Å². The number of hydrogen-bond donors (Lipinski definition) is 2. The number of anilines is 1. The number of thiophene rings is 1. The zero-order chi connectivity index (χ0) is 14.8. The van der Waals surface area contributed by atoms with Crippen molar-refractivity contribution in [3.8, 4) is 0 Å². The van der Waals surface area contributed by atoms with Crippen molar-refractivity contribution in [2.75, 3.05) is 5.73 Å². The molecule has 3 N–H and O–H groups in total. The van der Waals surface area contributed by atoms with Gasteiger partial charge in [0.05, 0.1) is 5.69 Å².